The van der Waals surface area contributed by atoms with Crippen LogP contribution in [0.4, 0.5) is 0 Å². The molecule has 1 N–H and O–H groups in total. The van der Waals surface area contributed by atoms with Crippen LogP contribution < -0.4 is 0 Å². The van der Waals surface area contributed by atoms with Crippen molar-refractivity contribution in [1.29, 1.82) is 0 Å². The zero-order valence-corrected chi connectivity index (χ0v) is 6.92. The van der Waals surface area contributed by atoms with E-state index in [4.69, 9.17) is 11.6 Å². The van der Waals surface area contributed by atoms with Gasteiger partial charge in [0.2, 0.25) is 0 Å². The summed E-state index contributed by atoms with van der Waals surface area (Å²) in [5.41, 5.74) is 0.872. The third-order valence-corrected chi connectivity index (χ3v) is 1.83. The number of nitrogens with one attached hydrogen (secondary N) is 1. The third kappa shape index (κ3) is 1.19. The Balaban J connectivity index is 2.55. The largest absolute Gasteiger partial charge is 0.345 e. The van der Waals surface area contributed by atoms with E-state index in [1.165, 1.54) is 0 Å². The van der Waals surface area contributed by atoms with Crippen molar-refractivity contribution in [3.63, 3.8) is 0 Å². The van der Waals surface area contributed by atoms with Crippen molar-refractivity contribution in [1.82, 2.24) is 15.0 Å². The molecule has 3 nitrogen and oxygen atoms in total. The van der Waals surface area contributed by atoms with Crippen molar-refractivity contribution in [2.45, 2.75) is 0 Å². The Bertz CT molecular complexity index is 370. The van der Waals surface area contributed by atoms with Gasteiger partial charge in [-0.25, -0.2) is 4.98 Å². The number of imidazole rings is 1. The molecule has 0 radical (unpaired) electrons. The maximum absolute atomic E-state index is 5.89. The fraction of sp³-hybridized carbons (Fsp3) is 0. The molecule has 0 atom stereocenters. The molecule has 0 unspecified atom stereocenters. The summed E-state index contributed by atoms with van der Waals surface area (Å²) < 4.78 is 0. The maximum Gasteiger partial charge on any atom is 0.138 e. The lowest BCUT2D eigenvalue weighted by molar-refractivity contribution is 1.27. The molecule has 0 spiro atoms. The van der Waals surface area contributed by atoms with E-state index in [0.717, 1.165) is 11.4 Å². The lowest BCUT2D eigenvalue weighted by Gasteiger charge is -1.97. The Morgan fingerprint density at radius 2 is 2.25 bits per heavy atom. The monoisotopic (exact) mass is 179 g/mol. The number of hydrogen-bond acceptors (Lipinski definition) is 2. The Labute approximate surface area is 74.4 Å². The molecule has 0 aliphatic heterocycles. The summed E-state index contributed by atoms with van der Waals surface area (Å²) in [7, 11) is 0. The van der Waals surface area contributed by atoms with E-state index in [0.29, 0.717) is 5.02 Å². The normalized spacial score (nSPS) is 10.1. The van der Waals surface area contributed by atoms with E-state index in [1.54, 1.807) is 24.8 Å². The van der Waals surface area contributed by atoms with E-state index >= 15 is 0 Å². The predicted octanol–water partition coefficient (Wildman–Crippen LogP) is 2.13. The summed E-state index contributed by atoms with van der Waals surface area (Å²) in [5, 5.41) is 0.604. The molecule has 2 heterocycles. The van der Waals surface area contributed by atoms with Crippen molar-refractivity contribution < 1.29 is 0 Å². The second-order valence-electron chi connectivity index (χ2n) is 2.29. The van der Waals surface area contributed by atoms with Crippen molar-refractivity contribution in [3.05, 3.63) is 35.9 Å². The molecule has 0 saturated carbocycles. The number of aromatic amines is 1. The van der Waals surface area contributed by atoms with Crippen LogP contribution in [0.5, 0.6) is 0 Å². The number of nitrogens with zero attached hydrogens (tertiary/aromatic N) is 2. The van der Waals surface area contributed by atoms with Crippen LogP contribution in [0.25, 0.3) is 11.4 Å². The third-order valence-electron chi connectivity index (χ3n) is 1.53. The Kier molecular flexibility index (Phi) is 1.80. The molecule has 12 heavy (non-hydrogen) atoms. The van der Waals surface area contributed by atoms with Crippen LogP contribution in [0.3, 0.4) is 0 Å². The maximum atomic E-state index is 5.89. The van der Waals surface area contributed by atoms with E-state index in [9.17, 15) is 0 Å². The standard InChI is InChI=1S/C8H6ClN3/c9-7-5-10-2-1-6(7)8-11-3-4-12-8/h1-5H,(H,11,12). The number of rotatable bonds is 1. The molecule has 2 aromatic rings. The highest BCUT2D eigenvalue weighted by molar-refractivity contribution is 6.33. The van der Waals surface area contributed by atoms with Crippen molar-refractivity contribution >= 4 is 11.6 Å². The average molecular weight is 180 g/mol. The second kappa shape index (κ2) is 2.95. The van der Waals surface area contributed by atoms with Crippen LogP contribution in [-0.4, -0.2) is 15.0 Å². The summed E-state index contributed by atoms with van der Waals surface area (Å²) in [6.07, 6.45) is 6.72. The van der Waals surface area contributed by atoms with Crippen LogP contribution in [0, 0.1) is 0 Å². The number of H-pyrrole nitrogens is 1. The molecule has 0 fully saturated rings. The van der Waals surface area contributed by atoms with Crippen molar-refractivity contribution in [2.24, 2.45) is 0 Å². The quantitative estimate of drug-likeness (QED) is 0.729. The molecule has 0 saturated heterocycles. The molecular formula is C8H6ClN3. The molecule has 60 valence electrons. The van der Waals surface area contributed by atoms with Gasteiger partial charge >= 0.3 is 0 Å². The Morgan fingerprint density at radius 3 is 2.92 bits per heavy atom. The SMILES string of the molecule is Clc1cnccc1-c1ncc[nH]1. The first-order valence-corrected chi connectivity index (χ1v) is 3.85. The van der Waals surface area contributed by atoms with Crippen LogP contribution in [0.1, 0.15) is 0 Å². The van der Waals surface area contributed by atoms with Crippen LogP contribution in [-0.2, 0) is 0 Å². The highest BCUT2D eigenvalue weighted by Gasteiger charge is 2.03. The van der Waals surface area contributed by atoms with E-state index in [1.807, 2.05) is 6.07 Å². The van der Waals surface area contributed by atoms with Gasteiger partial charge in [-0.3, -0.25) is 4.98 Å². The zero-order chi connectivity index (χ0) is 8.39. The average Bonchev–Trinajstić information content (AvgIpc) is 2.57. The molecule has 2 aromatic heterocycles. The van der Waals surface area contributed by atoms with Gasteiger partial charge in [0.1, 0.15) is 5.82 Å². The van der Waals surface area contributed by atoms with Crippen LogP contribution >= 0.6 is 11.6 Å². The van der Waals surface area contributed by atoms with Gasteiger partial charge in [-0.1, -0.05) is 11.6 Å². The summed E-state index contributed by atoms with van der Waals surface area (Å²) in [4.78, 5) is 10.9. The van der Waals surface area contributed by atoms with Gasteiger partial charge in [0, 0.05) is 30.4 Å². The van der Waals surface area contributed by atoms with Gasteiger partial charge in [0.25, 0.3) is 0 Å². The topological polar surface area (TPSA) is 41.6 Å². The van der Waals surface area contributed by atoms with Gasteiger partial charge in [-0.05, 0) is 6.07 Å². The van der Waals surface area contributed by atoms with Crippen LogP contribution in [0.15, 0.2) is 30.9 Å². The molecule has 4 heteroatoms. The number of hydrogen-bond donors (Lipinski definition) is 1. The highest BCUT2D eigenvalue weighted by Crippen LogP contribution is 2.22. The number of pyridine rings is 1. The zero-order valence-electron chi connectivity index (χ0n) is 6.16. The van der Waals surface area contributed by atoms with Gasteiger partial charge in [0.15, 0.2) is 0 Å². The first-order valence-electron chi connectivity index (χ1n) is 3.47. The van der Waals surface area contributed by atoms with Gasteiger partial charge in [0.05, 0.1) is 5.02 Å². The first kappa shape index (κ1) is 7.31. The summed E-state index contributed by atoms with van der Waals surface area (Å²) in [6, 6.07) is 1.82. The molecule has 0 aromatic carbocycles. The second-order valence-corrected chi connectivity index (χ2v) is 2.70. The minimum Gasteiger partial charge on any atom is -0.345 e. The fourth-order valence-corrected chi connectivity index (χ4v) is 1.19. The molecule has 0 aliphatic carbocycles. The molecule has 0 bridgehead atoms. The summed E-state index contributed by atoms with van der Waals surface area (Å²) in [5.74, 6) is 0.766. The lowest BCUT2D eigenvalue weighted by atomic mass is 10.2. The number of halogens is 1. The Hall–Kier alpha value is -1.35. The van der Waals surface area contributed by atoms with E-state index in [-0.39, 0.29) is 0 Å². The smallest absolute Gasteiger partial charge is 0.138 e. The molecule has 0 aliphatic rings. The minimum atomic E-state index is 0.604. The minimum absolute atomic E-state index is 0.604. The first-order chi connectivity index (χ1) is 5.88. The van der Waals surface area contributed by atoms with Crippen LogP contribution in [0.2, 0.25) is 5.02 Å². The Morgan fingerprint density at radius 1 is 1.33 bits per heavy atom. The fourth-order valence-electron chi connectivity index (χ4n) is 0.980. The summed E-state index contributed by atoms with van der Waals surface area (Å²) >= 11 is 5.89. The molecular weight excluding hydrogens is 174 g/mol. The van der Waals surface area contributed by atoms with E-state index in [2.05, 4.69) is 15.0 Å². The number of aromatic nitrogens is 3. The predicted molar refractivity (Wildman–Crippen MR) is 46.8 cm³/mol. The van der Waals surface area contributed by atoms with Gasteiger partial charge in [-0.2, -0.15) is 0 Å². The lowest BCUT2D eigenvalue weighted by Crippen LogP contribution is -1.82. The van der Waals surface area contributed by atoms with Crippen molar-refractivity contribution in [2.75, 3.05) is 0 Å². The molecule has 2 rings (SSSR count). The summed E-state index contributed by atoms with van der Waals surface area (Å²) in [6.45, 7) is 0. The van der Waals surface area contributed by atoms with E-state index < -0.39 is 0 Å². The van der Waals surface area contributed by atoms with Gasteiger partial charge < -0.3 is 4.98 Å². The van der Waals surface area contributed by atoms with Crippen molar-refractivity contribution in [3.8, 4) is 11.4 Å². The highest BCUT2D eigenvalue weighted by atomic mass is 35.5. The van der Waals surface area contributed by atoms with Gasteiger partial charge in [-0.15, -0.1) is 0 Å². The molecule has 0 amide bonds.